The van der Waals surface area contributed by atoms with Crippen molar-refractivity contribution in [1.82, 2.24) is 4.98 Å². The van der Waals surface area contributed by atoms with Crippen LogP contribution in [0.3, 0.4) is 0 Å². The molecule has 1 aromatic heterocycles. The fourth-order valence-corrected chi connectivity index (χ4v) is 7.29. The summed E-state index contributed by atoms with van der Waals surface area (Å²) in [5.41, 5.74) is 3.02. The molecule has 1 aromatic carbocycles. The lowest BCUT2D eigenvalue weighted by Crippen LogP contribution is -2.36. The van der Waals surface area contributed by atoms with Crippen LogP contribution in [-0.2, 0) is 20.6 Å². The zero-order chi connectivity index (χ0) is 21.3. The first-order valence-corrected chi connectivity index (χ1v) is 14.2. The van der Waals surface area contributed by atoms with Crippen LogP contribution < -0.4 is 10.2 Å². The van der Waals surface area contributed by atoms with Crippen molar-refractivity contribution in [2.24, 2.45) is 5.92 Å². The highest BCUT2D eigenvalue weighted by Gasteiger charge is 2.39. The summed E-state index contributed by atoms with van der Waals surface area (Å²) < 4.78 is 37.2. The summed E-state index contributed by atoms with van der Waals surface area (Å²) >= 11 is 0. The minimum atomic E-state index is -3.06. The van der Waals surface area contributed by atoms with E-state index in [9.17, 15) is 12.6 Å². The molecular formula is C22H31N3O3S2. The fourth-order valence-electron chi connectivity index (χ4n) is 4.79. The van der Waals surface area contributed by atoms with Gasteiger partial charge in [0.05, 0.1) is 16.5 Å². The molecule has 0 radical (unpaired) electrons. The van der Waals surface area contributed by atoms with Crippen LogP contribution >= 0.6 is 0 Å². The number of fused-ring (bicyclic) bond motifs is 2. The molecule has 1 saturated carbocycles. The van der Waals surface area contributed by atoms with Gasteiger partial charge in [0.25, 0.3) is 0 Å². The smallest absolute Gasteiger partial charge is 0.155 e. The molecule has 3 atom stereocenters. The molecule has 0 spiro atoms. The lowest BCUT2D eigenvalue weighted by Gasteiger charge is -2.31. The van der Waals surface area contributed by atoms with E-state index in [1.807, 2.05) is 18.2 Å². The molecule has 2 fully saturated rings. The second-order valence-corrected chi connectivity index (χ2v) is 12.5. The molecule has 2 aliphatic rings. The summed E-state index contributed by atoms with van der Waals surface area (Å²) in [5.74, 6) is 1.78. The van der Waals surface area contributed by atoms with Crippen LogP contribution in [0.2, 0.25) is 0 Å². The van der Waals surface area contributed by atoms with Gasteiger partial charge in [0.2, 0.25) is 0 Å². The number of aryl methyl sites for hydroxylation is 1. The third-order valence-corrected chi connectivity index (χ3v) is 9.45. The molecule has 2 heterocycles. The van der Waals surface area contributed by atoms with Crippen LogP contribution in [0.5, 0.6) is 0 Å². The number of benzene rings is 1. The number of sulfone groups is 1. The van der Waals surface area contributed by atoms with Crippen molar-refractivity contribution in [2.75, 3.05) is 47.6 Å². The first-order chi connectivity index (χ1) is 14.3. The highest BCUT2D eigenvalue weighted by Crippen LogP contribution is 2.35. The SMILES string of the molecule is Cc1ccc2nc(N3CCS(=O)(=O)C4CCCCC4C3)cc(NCCS(C)=O)c2c1. The largest absolute Gasteiger partial charge is 0.383 e. The van der Waals surface area contributed by atoms with Gasteiger partial charge in [-0.25, -0.2) is 13.4 Å². The second kappa shape index (κ2) is 8.83. The highest BCUT2D eigenvalue weighted by molar-refractivity contribution is 7.92. The molecule has 164 valence electrons. The minimum absolute atomic E-state index is 0.181. The summed E-state index contributed by atoms with van der Waals surface area (Å²) in [6.07, 6.45) is 5.60. The molecular weight excluding hydrogens is 418 g/mol. The second-order valence-electron chi connectivity index (χ2n) is 8.65. The number of hydrogen-bond donors (Lipinski definition) is 1. The molecule has 3 unspecified atom stereocenters. The van der Waals surface area contributed by atoms with Gasteiger partial charge in [-0.05, 0) is 37.8 Å². The van der Waals surface area contributed by atoms with Gasteiger partial charge >= 0.3 is 0 Å². The zero-order valence-electron chi connectivity index (χ0n) is 17.8. The predicted molar refractivity (Wildman–Crippen MR) is 126 cm³/mol. The van der Waals surface area contributed by atoms with E-state index in [1.54, 1.807) is 6.26 Å². The van der Waals surface area contributed by atoms with Crippen LogP contribution in [0.15, 0.2) is 24.3 Å². The van der Waals surface area contributed by atoms with E-state index in [1.165, 1.54) is 0 Å². The molecule has 6 nitrogen and oxygen atoms in total. The number of nitrogens with zero attached hydrogens (tertiary/aromatic N) is 2. The van der Waals surface area contributed by atoms with Gasteiger partial charge in [0.15, 0.2) is 9.84 Å². The summed E-state index contributed by atoms with van der Waals surface area (Å²) in [4.78, 5) is 7.06. The number of rotatable bonds is 5. The Labute approximate surface area is 181 Å². The first-order valence-electron chi connectivity index (χ1n) is 10.8. The van der Waals surface area contributed by atoms with Gasteiger partial charge in [-0.2, -0.15) is 0 Å². The third-order valence-electron chi connectivity index (χ3n) is 6.38. The topological polar surface area (TPSA) is 79.4 Å². The van der Waals surface area contributed by atoms with E-state index >= 15 is 0 Å². The summed E-state index contributed by atoms with van der Waals surface area (Å²) in [6, 6.07) is 8.22. The van der Waals surface area contributed by atoms with Crippen molar-refractivity contribution in [3.8, 4) is 0 Å². The Hall–Kier alpha value is -1.67. The number of nitrogens with one attached hydrogen (secondary N) is 1. The fraction of sp³-hybridized carbons (Fsp3) is 0.591. The lowest BCUT2D eigenvalue weighted by atomic mass is 9.88. The highest BCUT2D eigenvalue weighted by atomic mass is 32.2. The van der Waals surface area contributed by atoms with Crippen LogP contribution in [0, 0.1) is 12.8 Å². The Kier molecular flexibility index (Phi) is 6.34. The number of pyridine rings is 1. The zero-order valence-corrected chi connectivity index (χ0v) is 19.4. The predicted octanol–water partition coefficient (Wildman–Crippen LogP) is 3.13. The van der Waals surface area contributed by atoms with Crippen LogP contribution in [-0.4, -0.2) is 60.3 Å². The van der Waals surface area contributed by atoms with E-state index in [-0.39, 0.29) is 16.9 Å². The minimum Gasteiger partial charge on any atom is -0.383 e. The average Bonchev–Trinajstić information content (AvgIpc) is 2.84. The van der Waals surface area contributed by atoms with Crippen LogP contribution in [0.1, 0.15) is 31.2 Å². The van der Waals surface area contributed by atoms with Crippen LogP contribution in [0.4, 0.5) is 11.5 Å². The van der Waals surface area contributed by atoms with Gasteiger partial charge in [-0.3, -0.25) is 4.21 Å². The average molecular weight is 450 g/mol. The summed E-state index contributed by atoms with van der Waals surface area (Å²) in [6.45, 7) is 3.90. The molecule has 1 saturated heterocycles. The van der Waals surface area contributed by atoms with Crippen molar-refractivity contribution in [1.29, 1.82) is 0 Å². The maximum absolute atomic E-state index is 12.8. The molecule has 0 amide bonds. The van der Waals surface area contributed by atoms with Crippen LogP contribution in [0.25, 0.3) is 10.9 Å². The van der Waals surface area contributed by atoms with E-state index in [2.05, 4.69) is 23.2 Å². The molecule has 2 aromatic rings. The van der Waals surface area contributed by atoms with Gasteiger partial charge < -0.3 is 10.2 Å². The van der Waals surface area contributed by atoms with E-state index in [0.29, 0.717) is 18.8 Å². The first kappa shape index (κ1) is 21.6. The van der Waals surface area contributed by atoms with E-state index < -0.39 is 20.6 Å². The van der Waals surface area contributed by atoms with Crippen molar-refractivity contribution in [3.05, 3.63) is 29.8 Å². The Balaban J connectivity index is 1.69. The van der Waals surface area contributed by atoms with Crippen molar-refractivity contribution in [3.63, 3.8) is 0 Å². The number of hydrogen-bond acceptors (Lipinski definition) is 6. The van der Waals surface area contributed by atoms with Crippen molar-refractivity contribution in [2.45, 2.75) is 37.9 Å². The van der Waals surface area contributed by atoms with Gasteiger partial charge in [-0.1, -0.05) is 24.5 Å². The Morgan fingerprint density at radius 3 is 2.83 bits per heavy atom. The quantitative estimate of drug-likeness (QED) is 0.756. The maximum Gasteiger partial charge on any atom is 0.155 e. The maximum atomic E-state index is 12.8. The molecule has 1 N–H and O–H groups in total. The van der Waals surface area contributed by atoms with E-state index in [4.69, 9.17) is 4.98 Å². The molecule has 30 heavy (non-hydrogen) atoms. The van der Waals surface area contributed by atoms with Gasteiger partial charge in [0, 0.05) is 59.6 Å². The standard InChI is InChI=1S/C22H31N3O3S2/c1-16-7-8-19-18(13-16)20(23-9-11-29(2)26)14-22(24-19)25-10-12-30(27,28)21-6-4-3-5-17(21)15-25/h7-8,13-14,17,21H,3-6,9-12,15H2,1-2H3,(H,23,24). The monoisotopic (exact) mass is 449 g/mol. The van der Waals surface area contributed by atoms with Gasteiger partial charge in [-0.15, -0.1) is 0 Å². The number of aromatic nitrogens is 1. The molecule has 8 heteroatoms. The summed E-state index contributed by atoms with van der Waals surface area (Å²) in [7, 11) is -3.92. The lowest BCUT2D eigenvalue weighted by molar-refractivity contribution is 0.363. The molecule has 1 aliphatic heterocycles. The molecule has 1 aliphatic carbocycles. The van der Waals surface area contributed by atoms with E-state index in [0.717, 1.165) is 60.2 Å². The van der Waals surface area contributed by atoms with Crippen molar-refractivity contribution >= 4 is 43.0 Å². The third kappa shape index (κ3) is 4.64. The summed E-state index contributed by atoms with van der Waals surface area (Å²) in [5, 5.41) is 4.28. The molecule has 4 rings (SSSR count). The molecule has 0 bridgehead atoms. The van der Waals surface area contributed by atoms with Crippen molar-refractivity contribution < 1.29 is 12.6 Å². The Bertz CT molecular complexity index is 1060. The normalized spacial score (nSPS) is 24.8. The Morgan fingerprint density at radius 1 is 1.23 bits per heavy atom. The number of anilines is 2. The van der Waals surface area contributed by atoms with Gasteiger partial charge in [0.1, 0.15) is 5.82 Å². The Morgan fingerprint density at radius 2 is 2.03 bits per heavy atom.